The van der Waals surface area contributed by atoms with Crippen LogP contribution in [-0.2, 0) is 19.6 Å². The van der Waals surface area contributed by atoms with Crippen molar-refractivity contribution in [2.24, 2.45) is 0 Å². The van der Waals surface area contributed by atoms with Crippen molar-refractivity contribution in [2.45, 2.75) is 19.9 Å². The van der Waals surface area contributed by atoms with E-state index in [4.69, 9.17) is 19.8 Å². The molecule has 0 aromatic rings. The molecule has 1 rings (SSSR count). The minimum Gasteiger partial charge on any atom is -0.473 e. The third kappa shape index (κ3) is 7.09. The lowest BCUT2D eigenvalue weighted by atomic mass is 10.3. The summed E-state index contributed by atoms with van der Waals surface area (Å²) in [5.41, 5.74) is 0. The van der Waals surface area contributed by atoms with Crippen LogP contribution >= 0.6 is 0 Å². The molecule has 1 saturated heterocycles. The molecular weight excluding hydrogens is 276 g/mol. The van der Waals surface area contributed by atoms with Crippen LogP contribution in [-0.4, -0.2) is 78.3 Å². The molecule has 19 heavy (non-hydrogen) atoms. The van der Waals surface area contributed by atoms with Crippen LogP contribution in [0.4, 0.5) is 0 Å². The zero-order chi connectivity index (χ0) is 15.2. The predicted octanol–water partition coefficient (Wildman–Crippen LogP) is -0.872. The van der Waals surface area contributed by atoms with Crippen molar-refractivity contribution in [3.8, 4) is 0 Å². The molecule has 1 aliphatic heterocycles. The van der Waals surface area contributed by atoms with E-state index in [9.17, 15) is 8.42 Å². The smallest absolute Gasteiger partial charge is 0.414 e. The number of nitrogens with zero attached hydrogens (tertiary/aromatic N) is 2. The summed E-state index contributed by atoms with van der Waals surface area (Å²) in [4.78, 5) is 20.5. The lowest BCUT2D eigenvalue weighted by Crippen LogP contribution is -2.50. The summed E-state index contributed by atoms with van der Waals surface area (Å²) in [7, 11) is -2.97. The van der Waals surface area contributed by atoms with Crippen LogP contribution in [0.2, 0.25) is 0 Å². The Balaban J connectivity index is 0.000000459. The molecule has 0 aromatic heterocycles. The van der Waals surface area contributed by atoms with E-state index < -0.39 is 22.0 Å². The molecule has 1 fully saturated rings. The summed E-state index contributed by atoms with van der Waals surface area (Å²) in [5.74, 6) is -3.65. The van der Waals surface area contributed by atoms with Gasteiger partial charge in [0.15, 0.2) is 0 Å². The highest BCUT2D eigenvalue weighted by atomic mass is 32.2. The Morgan fingerprint density at radius 2 is 1.37 bits per heavy atom. The van der Waals surface area contributed by atoms with E-state index in [-0.39, 0.29) is 0 Å². The number of carboxylic acid groups (broad SMARTS) is 2. The molecule has 0 radical (unpaired) electrons. The summed E-state index contributed by atoms with van der Waals surface area (Å²) >= 11 is 0. The number of rotatable bonds is 2. The van der Waals surface area contributed by atoms with Gasteiger partial charge in [-0.1, -0.05) is 0 Å². The van der Waals surface area contributed by atoms with Gasteiger partial charge in [-0.3, -0.25) is 4.90 Å². The Morgan fingerprint density at radius 1 is 1.00 bits per heavy atom. The van der Waals surface area contributed by atoms with Gasteiger partial charge in [-0.25, -0.2) is 18.0 Å². The molecule has 2 N–H and O–H groups in total. The molecule has 0 aliphatic carbocycles. The van der Waals surface area contributed by atoms with Crippen molar-refractivity contribution < 1.29 is 28.2 Å². The number of carboxylic acids is 2. The van der Waals surface area contributed by atoms with E-state index in [1.54, 1.807) is 4.31 Å². The van der Waals surface area contributed by atoms with Crippen molar-refractivity contribution in [3.05, 3.63) is 0 Å². The summed E-state index contributed by atoms with van der Waals surface area (Å²) in [6.45, 7) is 7.25. The molecule has 112 valence electrons. The van der Waals surface area contributed by atoms with E-state index in [1.807, 2.05) is 0 Å². The van der Waals surface area contributed by atoms with Gasteiger partial charge in [-0.2, -0.15) is 4.31 Å². The van der Waals surface area contributed by atoms with Gasteiger partial charge < -0.3 is 10.2 Å². The van der Waals surface area contributed by atoms with Gasteiger partial charge in [0.25, 0.3) is 0 Å². The fourth-order valence-electron chi connectivity index (χ4n) is 1.55. The first kappa shape index (κ1) is 17.8. The first-order valence-electron chi connectivity index (χ1n) is 5.71. The topological polar surface area (TPSA) is 115 Å². The quantitative estimate of drug-likeness (QED) is 0.636. The molecule has 9 heteroatoms. The summed E-state index contributed by atoms with van der Waals surface area (Å²) in [6, 6.07) is 0.515. The molecule has 0 saturated carbocycles. The van der Waals surface area contributed by atoms with Crippen LogP contribution in [0.3, 0.4) is 0 Å². The largest absolute Gasteiger partial charge is 0.473 e. The van der Waals surface area contributed by atoms with E-state index in [0.717, 1.165) is 13.1 Å². The molecule has 0 amide bonds. The number of sulfonamides is 1. The van der Waals surface area contributed by atoms with Crippen molar-refractivity contribution in [2.75, 3.05) is 32.4 Å². The number of hydrogen-bond donors (Lipinski definition) is 2. The number of aliphatic carboxylic acids is 2. The molecule has 0 atom stereocenters. The van der Waals surface area contributed by atoms with Crippen LogP contribution in [0.15, 0.2) is 0 Å². The maximum Gasteiger partial charge on any atom is 0.414 e. The molecule has 0 bridgehead atoms. The Labute approximate surface area is 112 Å². The fourth-order valence-corrected chi connectivity index (χ4v) is 2.38. The van der Waals surface area contributed by atoms with Gasteiger partial charge in [-0.15, -0.1) is 0 Å². The molecule has 0 aromatic carbocycles. The maximum atomic E-state index is 11.2. The molecule has 0 spiro atoms. The monoisotopic (exact) mass is 296 g/mol. The first-order chi connectivity index (χ1) is 8.55. The van der Waals surface area contributed by atoms with Crippen LogP contribution in [0.5, 0.6) is 0 Å². The SMILES string of the molecule is CC(C)N1CCN(S(C)(=O)=O)CC1.O=C(O)C(=O)O. The second-order valence-electron chi connectivity index (χ2n) is 4.40. The third-order valence-corrected chi connectivity index (χ3v) is 3.96. The van der Waals surface area contributed by atoms with Crippen LogP contribution in [0.25, 0.3) is 0 Å². The van der Waals surface area contributed by atoms with Crippen molar-refractivity contribution in [3.63, 3.8) is 0 Å². The van der Waals surface area contributed by atoms with Crippen molar-refractivity contribution >= 4 is 22.0 Å². The Hall–Kier alpha value is -1.19. The zero-order valence-electron chi connectivity index (χ0n) is 11.2. The van der Waals surface area contributed by atoms with Crippen LogP contribution in [0, 0.1) is 0 Å². The third-order valence-electron chi connectivity index (χ3n) is 2.66. The highest BCUT2D eigenvalue weighted by Gasteiger charge is 2.24. The first-order valence-corrected chi connectivity index (χ1v) is 7.56. The average Bonchev–Trinajstić information content (AvgIpc) is 2.28. The molecule has 0 unspecified atom stereocenters. The van der Waals surface area contributed by atoms with Gasteiger partial charge >= 0.3 is 11.9 Å². The van der Waals surface area contributed by atoms with Crippen LogP contribution < -0.4 is 0 Å². The standard InChI is InChI=1S/C8H18N2O2S.C2H2O4/c1-8(2)9-4-6-10(7-5-9)13(3,11)12;3-1(4)2(5)6/h8H,4-7H2,1-3H3;(H,3,4)(H,5,6). The number of hydrogen-bond acceptors (Lipinski definition) is 5. The zero-order valence-corrected chi connectivity index (χ0v) is 12.1. The van der Waals surface area contributed by atoms with Gasteiger partial charge in [0.1, 0.15) is 0 Å². The Morgan fingerprint density at radius 3 is 1.58 bits per heavy atom. The maximum absolute atomic E-state index is 11.2. The molecule has 1 heterocycles. The van der Waals surface area contributed by atoms with Crippen molar-refractivity contribution in [1.82, 2.24) is 9.21 Å². The molecule has 8 nitrogen and oxygen atoms in total. The Bertz CT molecular complexity index is 400. The van der Waals surface area contributed by atoms with Crippen molar-refractivity contribution in [1.29, 1.82) is 0 Å². The molecule has 1 aliphatic rings. The Kier molecular flexibility index (Phi) is 6.95. The van der Waals surface area contributed by atoms with Gasteiger partial charge in [0.05, 0.1) is 6.26 Å². The summed E-state index contributed by atoms with van der Waals surface area (Å²) in [5, 5.41) is 14.8. The lowest BCUT2D eigenvalue weighted by Gasteiger charge is -2.35. The van der Waals surface area contributed by atoms with Gasteiger partial charge in [0, 0.05) is 32.2 Å². The van der Waals surface area contributed by atoms with E-state index in [0.29, 0.717) is 19.1 Å². The molecular formula is C10H20N2O6S. The van der Waals surface area contributed by atoms with E-state index >= 15 is 0 Å². The summed E-state index contributed by atoms with van der Waals surface area (Å²) < 4.78 is 23.9. The predicted molar refractivity (Wildman–Crippen MR) is 68.4 cm³/mol. The summed E-state index contributed by atoms with van der Waals surface area (Å²) in [6.07, 6.45) is 1.28. The van der Waals surface area contributed by atoms with Gasteiger partial charge in [-0.05, 0) is 13.8 Å². The minimum atomic E-state index is -2.97. The minimum absolute atomic E-state index is 0.515. The normalized spacial score (nSPS) is 17.7. The lowest BCUT2D eigenvalue weighted by molar-refractivity contribution is -0.159. The van der Waals surface area contributed by atoms with E-state index in [1.165, 1.54) is 6.26 Å². The van der Waals surface area contributed by atoms with Gasteiger partial charge in [0.2, 0.25) is 10.0 Å². The fraction of sp³-hybridized carbons (Fsp3) is 0.800. The second kappa shape index (κ2) is 7.41. The highest BCUT2D eigenvalue weighted by molar-refractivity contribution is 7.88. The number of carbonyl (C=O) groups is 2. The van der Waals surface area contributed by atoms with Crippen LogP contribution in [0.1, 0.15) is 13.8 Å². The highest BCUT2D eigenvalue weighted by Crippen LogP contribution is 2.08. The second-order valence-corrected chi connectivity index (χ2v) is 6.38. The number of piperazine rings is 1. The average molecular weight is 296 g/mol. The van der Waals surface area contributed by atoms with E-state index in [2.05, 4.69) is 18.7 Å².